The van der Waals surface area contributed by atoms with Crippen LogP contribution in [0.1, 0.15) is 44.9 Å². The molecule has 3 N–H and O–H groups in total. The van der Waals surface area contributed by atoms with Crippen molar-refractivity contribution in [2.45, 2.75) is 45.8 Å². The lowest BCUT2D eigenvalue weighted by Gasteiger charge is -2.22. The Morgan fingerprint density at radius 2 is 2.07 bits per heavy atom. The van der Waals surface area contributed by atoms with Crippen molar-refractivity contribution in [1.29, 1.82) is 0 Å². The van der Waals surface area contributed by atoms with Crippen molar-refractivity contribution in [1.82, 2.24) is 10.6 Å². The molecular formula is C21H31N3O3. The number of guanidine groups is 1. The quantitative estimate of drug-likeness (QED) is 0.338. The van der Waals surface area contributed by atoms with E-state index in [2.05, 4.69) is 22.5 Å². The van der Waals surface area contributed by atoms with Crippen molar-refractivity contribution < 1.29 is 14.3 Å². The first-order valence-electron chi connectivity index (χ1n) is 9.55. The van der Waals surface area contributed by atoms with Crippen LogP contribution in [0, 0.1) is 0 Å². The molecule has 0 aliphatic heterocycles. The number of furan rings is 1. The predicted octanol–water partition coefficient (Wildman–Crippen LogP) is 3.42. The number of aliphatic hydroxyl groups is 1. The molecule has 0 fully saturated rings. The lowest BCUT2D eigenvalue weighted by atomic mass is 10.0. The normalized spacial score (nSPS) is 13.9. The van der Waals surface area contributed by atoms with Gasteiger partial charge in [-0.25, -0.2) is 4.99 Å². The summed E-state index contributed by atoms with van der Waals surface area (Å²) < 4.78 is 11.1. The van der Waals surface area contributed by atoms with Gasteiger partial charge in [0.05, 0.1) is 26.0 Å². The van der Waals surface area contributed by atoms with Crippen LogP contribution in [-0.2, 0) is 12.1 Å². The topological polar surface area (TPSA) is 79.0 Å². The van der Waals surface area contributed by atoms with Gasteiger partial charge >= 0.3 is 0 Å². The van der Waals surface area contributed by atoms with Crippen LogP contribution < -0.4 is 15.4 Å². The summed E-state index contributed by atoms with van der Waals surface area (Å²) in [6.07, 6.45) is 3.72. The summed E-state index contributed by atoms with van der Waals surface area (Å²) in [4.78, 5) is 4.60. The molecule has 1 aromatic carbocycles. The Balaban J connectivity index is 1.95. The van der Waals surface area contributed by atoms with Crippen LogP contribution in [0.3, 0.4) is 0 Å². The Bertz CT molecular complexity index is 696. The van der Waals surface area contributed by atoms with E-state index in [9.17, 15) is 5.11 Å². The average Bonchev–Trinajstić information content (AvgIpc) is 3.20. The molecule has 0 saturated carbocycles. The van der Waals surface area contributed by atoms with Crippen LogP contribution in [0.5, 0.6) is 5.75 Å². The van der Waals surface area contributed by atoms with Crippen LogP contribution in [-0.4, -0.2) is 30.8 Å². The van der Waals surface area contributed by atoms with E-state index < -0.39 is 5.60 Å². The summed E-state index contributed by atoms with van der Waals surface area (Å²) in [7, 11) is 0. The molecule has 0 aliphatic rings. The number of benzene rings is 1. The average molecular weight is 373 g/mol. The van der Waals surface area contributed by atoms with Crippen molar-refractivity contribution in [2.24, 2.45) is 4.99 Å². The van der Waals surface area contributed by atoms with Crippen molar-refractivity contribution in [3.05, 3.63) is 54.0 Å². The molecular weight excluding hydrogens is 342 g/mol. The van der Waals surface area contributed by atoms with Crippen LogP contribution in [0.25, 0.3) is 0 Å². The second-order valence-corrected chi connectivity index (χ2v) is 6.65. The van der Waals surface area contributed by atoms with Gasteiger partial charge in [-0.1, -0.05) is 25.5 Å². The third-order valence-electron chi connectivity index (χ3n) is 4.08. The summed E-state index contributed by atoms with van der Waals surface area (Å²) >= 11 is 0. The molecule has 0 saturated heterocycles. The highest BCUT2D eigenvalue weighted by molar-refractivity contribution is 5.79. The van der Waals surface area contributed by atoms with Gasteiger partial charge in [0.1, 0.15) is 17.1 Å². The molecule has 6 heteroatoms. The summed E-state index contributed by atoms with van der Waals surface area (Å²) in [5.74, 6) is 2.03. The minimum Gasteiger partial charge on any atom is -0.494 e. The third kappa shape index (κ3) is 6.98. The van der Waals surface area contributed by atoms with E-state index in [1.54, 1.807) is 25.3 Å². The lowest BCUT2D eigenvalue weighted by molar-refractivity contribution is 0.0386. The maximum Gasteiger partial charge on any atom is 0.191 e. The lowest BCUT2D eigenvalue weighted by Crippen LogP contribution is -2.44. The van der Waals surface area contributed by atoms with Crippen molar-refractivity contribution in [3.63, 3.8) is 0 Å². The number of hydrogen-bond acceptors (Lipinski definition) is 4. The van der Waals surface area contributed by atoms with E-state index in [1.807, 2.05) is 31.2 Å². The van der Waals surface area contributed by atoms with Crippen molar-refractivity contribution in [2.75, 3.05) is 19.7 Å². The van der Waals surface area contributed by atoms with E-state index in [1.165, 1.54) is 0 Å². The van der Waals surface area contributed by atoms with Crippen molar-refractivity contribution >= 4 is 5.96 Å². The number of unbranched alkanes of at least 4 members (excludes halogenated alkanes) is 1. The van der Waals surface area contributed by atoms with Crippen LogP contribution >= 0.6 is 0 Å². The van der Waals surface area contributed by atoms with Gasteiger partial charge in [0.15, 0.2) is 5.96 Å². The minimum atomic E-state index is -1.12. The van der Waals surface area contributed by atoms with E-state index in [0.717, 1.165) is 37.3 Å². The maximum absolute atomic E-state index is 10.6. The Morgan fingerprint density at radius 1 is 1.22 bits per heavy atom. The zero-order valence-corrected chi connectivity index (χ0v) is 16.5. The number of nitrogens with zero attached hydrogens (tertiary/aromatic N) is 1. The molecule has 0 aliphatic carbocycles. The fourth-order valence-electron chi connectivity index (χ4n) is 2.51. The molecule has 0 bridgehead atoms. The highest BCUT2D eigenvalue weighted by atomic mass is 16.5. The molecule has 148 valence electrons. The van der Waals surface area contributed by atoms with Gasteiger partial charge < -0.3 is 24.9 Å². The third-order valence-corrected chi connectivity index (χ3v) is 4.08. The smallest absolute Gasteiger partial charge is 0.191 e. The molecule has 0 amide bonds. The molecule has 0 spiro atoms. The highest BCUT2D eigenvalue weighted by Crippen LogP contribution is 2.19. The van der Waals surface area contributed by atoms with Gasteiger partial charge in [-0.3, -0.25) is 0 Å². The summed E-state index contributed by atoms with van der Waals surface area (Å²) in [5.41, 5.74) is -0.0498. The molecule has 0 radical (unpaired) electrons. The summed E-state index contributed by atoms with van der Waals surface area (Å²) in [6.45, 7) is 8.12. The molecule has 1 atom stereocenters. The number of rotatable bonds is 10. The number of hydrogen-bond donors (Lipinski definition) is 3. The zero-order valence-electron chi connectivity index (χ0n) is 16.5. The van der Waals surface area contributed by atoms with E-state index >= 15 is 0 Å². The van der Waals surface area contributed by atoms with Gasteiger partial charge in [0.25, 0.3) is 0 Å². The Kier molecular flexibility index (Phi) is 8.20. The molecule has 2 rings (SSSR count). The van der Waals surface area contributed by atoms with Crippen LogP contribution in [0.15, 0.2) is 52.1 Å². The maximum atomic E-state index is 10.6. The molecule has 1 heterocycles. The van der Waals surface area contributed by atoms with Gasteiger partial charge in [0, 0.05) is 6.54 Å². The van der Waals surface area contributed by atoms with Crippen LogP contribution in [0.4, 0.5) is 0 Å². The molecule has 1 aromatic heterocycles. The largest absolute Gasteiger partial charge is 0.494 e. The predicted molar refractivity (Wildman–Crippen MR) is 108 cm³/mol. The standard InChI is InChI=1S/C21H31N3O3/c1-4-6-12-26-18-10-7-9-17(14-18)15-23-20(22-5-2)24-16-21(3,25)19-11-8-13-27-19/h7-11,13-14,25H,4-6,12,15-16H2,1-3H3,(H2,22,23,24). The fourth-order valence-corrected chi connectivity index (χ4v) is 2.51. The van der Waals surface area contributed by atoms with Gasteiger partial charge in [-0.05, 0) is 50.1 Å². The van der Waals surface area contributed by atoms with Gasteiger partial charge in [-0.2, -0.15) is 0 Å². The molecule has 6 nitrogen and oxygen atoms in total. The Morgan fingerprint density at radius 3 is 2.78 bits per heavy atom. The summed E-state index contributed by atoms with van der Waals surface area (Å²) in [5, 5.41) is 16.9. The first-order valence-corrected chi connectivity index (χ1v) is 9.55. The second-order valence-electron chi connectivity index (χ2n) is 6.65. The summed E-state index contributed by atoms with van der Waals surface area (Å²) in [6, 6.07) is 11.5. The number of ether oxygens (including phenoxy) is 1. The zero-order chi connectivity index (χ0) is 19.5. The Hall–Kier alpha value is -2.47. The Labute approximate surface area is 161 Å². The second kappa shape index (κ2) is 10.6. The molecule has 27 heavy (non-hydrogen) atoms. The highest BCUT2D eigenvalue weighted by Gasteiger charge is 2.26. The van der Waals surface area contributed by atoms with E-state index in [0.29, 0.717) is 18.3 Å². The molecule has 2 aromatic rings. The van der Waals surface area contributed by atoms with E-state index in [4.69, 9.17) is 9.15 Å². The number of aliphatic imine (C=N–C) groups is 1. The number of nitrogens with one attached hydrogen (secondary N) is 2. The van der Waals surface area contributed by atoms with Gasteiger partial charge in [-0.15, -0.1) is 0 Å². The minimum absolute atomic E-state index is 0.284. The van der Waals surface area contributed by atoms with Gasteiger partial charge in [0.2, 0.25) is 0 Å². The SMILES string of the molecule is CCCCOc1cccc(CN=C(NCC)NCC(C)(O)c2ccco2)c1. The van der Waals surface area contributed by atoms with Crippen LogP contribution in [0.2, 0.25) is 0 Å². The fraction of sp³-hybridized carbons (Fsp3) is 0.476. The first kappa shape index (κ1) is 20.8. The molecule has 1 unspecified atom stereocenters. The van der Waals surface area contributed by atoms with Crippen molar-refractivity contribution in [3.8, 4) is 5.75 Å². The van der Waals surface area contributed by atoms with E-state index in [-0.39, 0.29) is 6.54 Å². The first-order chi connectivity index (χ1) is 13.0. The monoisotopic (exact) mass is 373 g/mol.